The standard InChI is InChI=1S/C10H13N3O2/c11-10(15)13-12-9(14)7-6-8-4-2-1-3-5-8/h1-5H,6-7H2,(H,12,14)(H3,11,13,15). The van der Waals surface area contributed by atoms with Crippen molar-refractivity contribution >= 4 is 11.9 Å². The van der Waals surface area contributed by atoms with Crippen molar-refractivity contribution in [2.24, 2.45) is 5.73 Å². The first kappa shape index (κ1) is 11.0. The van der Waals surface area contributed by atoms with E-state index in [0.29, 0.717) is 12.8 Å². The smallest absolute Gasteiger partial charge is 0.330 e. The fraction of sp³-hybridized carbons (Fsp3) is 0.200. The molecule has 0 aromatic heterocycles. The number of hydrogen-bond donors (Lipinski definition) is 3. The number of hydrogen-bond acceptors (Lipinski definition) is 2. The fourth-order valence-corrected chi connectivity index (χ4v) is 1.10. The summed E-state index contributed by atoms with van der Waals surface area (Å²) in [6.45, 7) is 0. The molecule has 1 aromatic rings. The van der Waals surface area contributed by atoms with Crippen LogP contribution in [-0.2, 0) is 11.2 Å². The third-order valence-corrected chi connectivity index (χ3v) is 1.81. The predicted molar refractivity (Wildman–Crippen MR) is 55.6 cm³/mol. The van der Waals surface area contributed by atoms with Gasteiger partial charge in [0.1, 0.15) is 0 Å². The van der Waals surface area contributed by atoms with Crippen molar-refractivity contribution in [1.29, 1.82) is 0 Å². The zero-order valence-corrected chi connectivity index (χ0v) is 8.19. The summed E-state index contributed by atoms with van der Waals surface area (Å²) in [6.07, 6.45) is 0.942. The largest absolute Gasteiger partial charge is 0.350 e. The number of nitrogens with two attached hydrogens (primary N) is 1. The summed E-state index contributed by atoms with van der Waals surface area (Å²) in [6, 6.07) is 8.84. The highest BCUT2D eigenvalue weighted by atomic mass is 16.2. The molecule has 0 aliphatic carbocycles. The lowest BCUT2D eigenvalue weighted by molar-refractivity contribution is -0.121. The maximum Gasteiger partial charge on any atom is 0.330 e. The summed E-state index contributed by atoms with van der Waals surface area (Å²) in [5.41, 5.74) is 10.1. The third-order valence-electron chi connectivity index (χ3n) is 1.81. The average molecular weight is 207 g/mol. The number of amides is 3. The van der Waals surface area contributed by atoms with Gasteiger partial charge in [-0.1, -0.05) is 30.3 Å². The Balaban J connectivity index is 2.26. The number of carbonyl (C=O) groups excluding carboxylic acids is 2. The van der Waals surface area contributed by atoms with Crippen molar-refractivity contribution in [1.82, 2.24) is 10.9 Å². The minimum absolute atomic E-state index is 0.266. The predicted octanol–water partition coefficient (Wildman–Crippen LogP) is 0.319. The van der Waals surface area contributed by atoms with Gasteiger partial charge in [0.25, 0.3) is 0 Å². The molecule has 0 aliphatic rings. The van der Waals surface area contributed by atoms with Crippen molar-refractivity contribution < 1.29 is 9.59 Å². The van der Waals surface area contributed by atoms with E-state index in [0.717, 1.165) is 5.56 Å². The van der Waals surface area contributed by atoms with Gasteiger partial charge in [-0.15, -0.1) is 0 Å². The minimum Gasteiger partial charge on any atom is -0.350 e. The Morgan fingerprint density at radius 3 is 2.40 bits per heavy atom. The van der Waals surface area contributed by atoms with Crippen molar-refractivity contribution in [3.63, 3.8) is 0 Å². The van der Waals surface area contributed by atoms with Gasteiger partial charge in [0.05, 0.1) is 0 Å². The second kappa shape index (κ2) is 5.64. The maximum atomic E-state index is 11.1. The molecule has 0 saturated heterocycles. The topological polar surface area (TPSA) is 84.2 Å². The Bertz CT molecular complexity index is 338. The normalized spacial score (nSPS) is 9.33. The molecule has 0 saturated carbocycles. The van der Waals surface area contributed by atoms with Gasteiger partial charge in [0, 0.05) is 6.42 Å². The average Bonchev–Trinajstić information content (AvgIpc) is 2.25. The van der Waals surface area contributed by atoms with Crippen LogP contribution in [0.15, 0.2) is 30.3 Å². The van der Waals surface area contributed by atoms with Crippen molar-refractivity contribution in [3.05, 3.63) is 35.9 Å². The summed E-state index contributed by atoms with van der Waals surface area (Å²) >= 11 is 0. The van der Waals surface area contributed by atoms with E-state index in [-0.39, 0.29) is 5.91 Å². The van der Waals surface area contributed by atoms with E-state index in [1.54, 1.807) is 0 Å². The Labute approximate surface area is 87.6 Å². The second-order valence-corrected chi connectivity index (χ2v) is 3.02. The monoisotopic (exact) mass is 207 g/mol. The van der Waals surface area contributed by atoms with Gasteiger partial charge in [-0.05, 0) is 12.0 Å². The summed E-state index contributed by atoms with van der Waals surface area (Å²) in [7, 11) is 0. The van der Waals surface area contributed by atoms with Crippen LogP contribution in [0.4, 0.5) is 4.79 Å². The summed E-state index contributed by atoms with van der Waals surface area (Å²) in [5.74, 6) is -0.266. The molecule has 0 aliphatic heterocycles. The first-order valence-corrected chi connectivity index (χ1v) is 4.56. The van der Waals surface area contributed by atoms with Gasteiger partial charge in [-0.3, -0.25) is 10.2 Å². The molecule has 0 bridgehead atoms. The Morgan fingerprint density at radius 2 is 1.80 bits per heavy atom. The van der Waals surface area contributed by atoms with E-state index in [4.69, 9.17) is 5.73 Å². The van der Waals surface area contributed by atoms with Crippen LogP contribution in [0.3, 0.4) is 0 Å². The molecule has 80 valence electrons. The Kier molecular flexibility index (Phi) is 4.15. The quantitative estimate of drug-likeness (QED) is 0.623. The van der Waals surface area contributed by atoms with E-state index in [1.807, 2.05) is 35.8 Å². The number of carbonyl (C=O) groups is 2. The summed E-state index contributed by atoms with van der Waals surface area (Å²) in [4.78, 5) is 21.4. The van der Waals surface area contributed by atoms with Crippen LogP contribution < -0.4 is 16.6 Å². The van der Waals surface area contributed by atoms with Crippen LogP contribution in [-0.4, -0.2) is 11.9 Å². The van der Waals surface area contributed by atoms with E-state index in [1.165, 1.54) is 0 Å². The van der Waals surface area contributed by atoms with Crippen molar-refractivity contribution in [2.75, 3.05) is 0 Å². The zero-order valence-electron chi connectivity index (χ0n) is 8.19. The van der Waals surface area contributed by atoms with Crippen LogP contribution in [0.5, 0.6) is 0 Å². The Hall–Kier alpha value is -2.04. The van der Waals surface area contributed by atoms with Crippen molar-refractivity contribution in [3.8, 4) is 0 Å². The van der Waals surface area contributed by atoms with E-state index >= 15 is 0 Å². The maximum absolute atomic E-state index is 11.1. The summed E-state index contributed by atoms with van der Waals surface area (Å²) in [5, 5.41) is 0. The molecule has 4 N–H and O–H groups in total. The lowest BCUT2D eigenvalue weighted by atomic mass is 10.1. The van der Waals surface area contributed by atoms with Crippen molar-refractivity contribution in [2.45, 2.75) is 12.8 Å². The molecule has 0 spiro atoms. The number of nitrogens with one attached hydrogen (secondary N) is 2. The molecule has 5 heteroatoms. The highest BCUT2D eigenvalue weighted by Gasteiger charge is 2.01. The highest BCUT2D eigenvalue weighted by Crippen LogP contribution is 2.01. The minimum atomic E-state index is -0.775. The van der Waals surface area contributed by atoms with Crippen LogP contribution in [0, 0.1) is 0 Å². The van der Waals surface area contributed by atoms with Gasteiger partial charge in [-0.2, -0.15) is 0 Å². The molecular weight excluding hydrogens is 194 g/mol. The van der Waals surface area contributed by atoms with E-state index in [2.05, 4.69) is 5.43 Å². The molecule has 0 fully saturated rings. The number of urea groups is 1. The van der Waals surface area contributed by atoms with Crippen LogP contribution in [0.25, 0.3) is 0 Å². The molecule has 0 heterocycles. The summed E-state index contributed by atoms with van der Waals surface area (Å²) < 4.78 is 0. The zero-order chi connectivity index (χ0) is 11.1. The molecule has 15 heavy (non-hydrogen) atoms. The lowest BCUT2D eigenvalue weighted by Gasteiger charge is -2.04. The molecule has 1 rings (SSSR count). The van der Waals surface area contributed by atoms with Gasteiger partial charge in [0.2, 0.25) is 5.91 Å². The third kappa shape index (κ3) is 4.66. The molecule has 0 radical (unpaired) electrons. The van der Waals surface area contributed by atoms with Crippen LogP contribution >= 0.6 is 0 Å². The molecule has 1 aromatic carbocycles. The number of rotatable bonds is 3. The molecule has 0 unspecified atom stereocenters. The second-order valence-electron chi connectivity index (χ2n) is 3.02. The fourth-order valence-electron chi connectivity index (χ4n) is 1.10. The van der Waals surface area contributed by atoms with Crippen LogP contribution in [0.2, 0.25) is 0 Å². The molecule has 5 nitrogen and oxygen atoms in total. The molecule has 0 atom stereocenters. The van der Waals surface area contributed by atoms with Gasteiger partial charge >= 0.3 is 6.03 Å². The van der Waals surface area contributed by atoms with Crippen LogP contribution in [0.1, 0.15) is 12.0 Å². The number of hydrazine groups is 1. The first-order valence-electron chi connectivity index (χ1n) is 4.56. The van der Waals surface area contributed by atoms with Gasteiger partial charge in [0.15, 0.2) is 0 Å². The number of primary amides is 1. The SMILES string of the molecule is NC(=O)NNC(=O)CCc1ccccc1. The number of aryl methyl sites for hydroxylation is 1. The first-order chi connectivity index (χ1) is 7.18. The Morgan fingerprint density at radius 1 is 1.13 bits per heavy atom. The number of benzene rings is 1. The molecule has 3 amide bonds. The highest BCUT2D eigenvalue weighted by molar-refractivity contribution is 5.80. The van der Waals surface area contributed by atoms with Gasteiger partial charge < -0.3 is 5.73 Å². The lowest BCUT2D eigenvalue weighted by Crippen LogP contribution is -2.44. The molecular formula is C10H13N3O2. The van der Waals surface area contributed by atoms with E-state index in [9.17, 15) is 9.59 Å². The van der Waals surface area contributed by atoms with E-state index < -0.39 is 6.03 Å². The van der Waals surface area contributed by atoms with Gasteiger partial charge in [-0.25, -0.2) is 10.2 Å².